The molecule has 0 rings (SSSR count). The van der Waals surface area contributed by atoms with Crippen LogP contribution >= 0.6 is 0 Å². The molecule has 5 unspecified atom stereocenters. The molecule has 3 heteroatoms. The van der Waals surface area contributed by atoms with Gasteiger partial charge in [0, 0.05) is 5.54 Å². The van der Waals surface area contributed by atoms with Crippen LogP contribution in [0, 0.1) is 29.6 Å². The van der Waals surface area contributed by atoms with E-state index in [4.69, 9.17) is 11.5 Å². The van der Waals surface area contributed by atoms with Gasteiger partial charge in [-0.15, -0.1) is 0 Å². The second-order valence-corrected chi connectivity index (χ2v) is 9.43. The van der Waals surface area contributed by atoms with Crippen LogP contribution in [0.4, 0.5) is 0 Å². The molecule has 0 heterocycles. The van der Waals surface area contributed by atoms with Crippen LogP contribution in [0.5, 0.6) is 0 Å². The summed E-state index contributed by atoms with van der Waals surface area (Å²) in [6.45, 7) is 19.1. The van der Waals surface area contributed by atoms with E-state index < -0.39 is 0 Å². The molecule has 0 aromatic carbocycles. The first kappa shape index (κ1) is 23.9. The van der Waals surface area contributed by atoms with Crippen LogP contribution in [0.1, 0.15) is 80.6 Å². The van der Waals surface area contributed by atoms with E-state index in [0.29, 0.717) is 17.8 Å². The van der Waals surface area contributed by atoms with Crippen LogP contribution in [0.15, 0.2) is 0 Å². The van der Waals surface area contributed by atoms with Gasteiger partial charge in [0.1, 0.15) is 0 Å². The Kier molecular flexibility index (Phi) is 12.2. The van der Waals surface area contributed by atoms with Gasteiger partial charge in [0.25, 0.3) is 0 Å². The van der Waals surface area contributed by atoms with Gasteiger partial charge >= 0.3 is 0 Å². The summed E-state index contributed by atoms with van der Waals surface area (Å²) in [4.78, 5) is 0. The number of hydrogen-bond acceptors (Lipinski definition) is 3. The Morgan fingerprint density at radius 3 is 1.96 bits per heavy atom. The Morgan fingerprint density at radius 2 is 1.42 bits per heavy atom. The maximum atomic E-state index is 6.59. The summed E-state index contributed by atoms with van der Waals surface area (Å²) in [5.41, 5.74) is 12.2. The van der Waals surface area contributed by atoms with E-state index in [1.165, 1.54) is 12.8 Å². The fraction of sp³-hybridized carbons (Fsp3) is 1.00. The fourth-order valence-electron chi connectivity index (χ4n) is 3.82. The smallest absolute Gasteiger partial charge is 0.0129 e. The van der Waals surface area contributed by atoms with Crippen LogP contribution < -0.4 is 16.8 Å². The van der Waals surface area contributed by atoms with Crippen molar-refractivity contribution in [3.05, 3.63) is 0 Å². The lowest BCUT2D eigenvalue weighted by molar-refractivity contribution is 0.267. The van der Waals surface area contributed by atoms with E-state index in [-0.39, 0.29) is 5.54 Å². The molecular weight excluding hydrogens is 294 g/mol. The Hall–Kier alpha value is -0.120. The van der Waals surface area contributed by atoms with E-state index in [1.807, 2.05) is 0 Å². The molecule has 0 aromatic rings. The molecule has 0 aliphatic heterocycles. The van der Waals surface area contributed by atoms with Crippen LogP contribution in [0.2, 0.25) is 0 Å². The van der Waals surface area contributed by atoms with E-state index in [1.54, 1.807) is 0 Å². The van der Waals surface area contributed by atoms with Gasteiger partial charge in [-0.3, -0.25) is 0 Å². The molecule has 0 amide bonds. The topological polar surface area (TPSA) is 64.1 Å². The predicted octanol–water partition coefficient (Wildman–Crippen LogP) is 4.40. The SMILES string of the molecule is CC(C)CC(C)CNCC(C)CC(C)(N)CCC(C)C(C)CCN. The highest BCUT2D eigenvalue weighted by Gasteiger charge is 2.23. The number of nitrogens with one attached hydrogen (secondary N) is 1. The molecular formula is C21H47N3. The summed E-state index contributed by atoms with van der Waals surface area (Å²) in [6.07, 6.45) is 5.83. The maximum Gasteiger partial charge on any atom is 0.0129 e. The van der Waals surface area contributed by atoms with Crippen molar-refractivity contribution in [3.8, 4) is 0 Å². The van der Waals surface area contributed by atoms with Crippen molar-refractivity contribution < 1.29 is 0 Å². The van der Waals surface area contributed by atoms with Gasteiger partial charge in [-0.05, 0) is 88.3 Å². The van der Waals surface area contributed by atoms with Crippen molar-refractivity contribution >= 4 is 0 Å². The summed E-state index contributed by atoms with van der Waals surface area (Å²) < 4.78 is 0. The minimum absolute atomic E-state index is 0.0542. The van der Waals surface area contributed by atoms with Gasteiger partial charge < -0.3 is 16.8 Å². The minimum Gasteiger partial charge on any atom is -0.330 e. The summed E-state index contributed by atoms with van der Waals surface area (Å²) in [5, 5.41) is 3.64. The van der Waals surface area contributed by atoms with Gasteiger partial charge in [-0.1, -0.05) is 41.5 Å². The Balaban J connectivity index is 4.02. The van der Waals surface area contributed by atoms with Gasteiger partial charge in [-0.2, -0.15) is 0 Å². The highest BCUT2D eigenvalue weighted by molar-refractivity contribution is 4.82. The normalized spacial score (nSPS) is 19.8. The molecule has 0 radical (unpaired) electrons. The van der Waals surface area contributed by atoms with Crippen molar-refractivity contribution in [2.75, 3.05) is 19.6 Å². The summed E-state index contributed by atoms with van der Waals surface area (Å²) in [6, 6.07) is 0. The van der Waals surface area contributed by atoms with Crippen molar-refractivity contribution in [1.29, 1.82) is 0 Å². The van der Waals surface area contributed by atoms with Gasteiger partial charge in [0.15, 0.2) is 0 Å². The van der Waals surface area contributed by atoms with Gasteiger partial charge in [0.2, 0.25) is 0 Å². The van der Waals surface area contributed by atoms with Crippen molar-refractivity contribution in [2.45, 2.75) is 86.1 Å². The summed E-state index contributed by atoms with van der Waals surface area (Å²) in [7, 11) is 0. The Bertz CT molecular complexity index is 301. The molecule has 0 aromatic heterocycles. The van der Waals surface area contributed by atoms with Crippen molar-refractivity contribution in [2.24, 2.45) is 41.1 Å². The third kappa shape index (κ3) is 12.3. The van der Waals surface area contributed by atoms with E-state index in [9.17, 15) is 0 Å². The van der Waals surface area contributed by atoms with E-state index in [0.717, 1.165) is 50.7 Å². The lowest BCUT2D eigenvalue weighted by Gasteiger charge is -2.31. The molecule has 0 aliphatic rings. The molecule has 0 fully saturated rings. The first-order valence-electron chi connectivity index (χ1n) is 10.3. The minimum atomic E-state index is -0.0542. The number of rotatable bonds is 14. The molecule has 5 atom stereocenters. The van der Waals surface area contributed by atoms with Crippen molar-refractivity contribution in [1.82, 2.24) is 5.32 Å². The lowest BCUT2D eigenvalue weighted by atomic mass is 9.81. The van der Waals surface area contributed by atoms with Crippen LogP contribution in [0.25, 0.3) is 0 Å². The number of hydrogen-bond donors (Lipinski definition) is 3. The zero-order valence-corrected chi connectivity index (χ0v) is 17.7. The fourth-order valence-corrected chi connectivity index (χ4v) is 3.82. The predicted molar refractivity (Wildman–Crippen MR) is 109 cm³/mol. The second kappa shape index (κ2) is 12.3. The maximum absolute atomic E-state index is 6.59. The lowest BCUT2D eigenvalue weighted by Crippen LogP contribution is -2.40. The van der Waals surface area contributed by atoms with Gasteiger partial charge in [0.05, 0.1) is 0 Å². The molecule has 3 nitrogen and oxygen atoms in total. The van der Waals surface area contributed by atoms with Crippen molar-refractivity contribution in [3.63, 3.8) is 0 Å². The molecule has 0 saturated heterocycles. The molecule has 0 aliphatic carbocycles. The standard InChI is InChI=1S/C21H47N3/c1-16(2)12-17(3)14-24-15-18(4)13-21(7,23)10-8-19(5)20(6)9-11-22/h16-20,24H,8-15,22-23H2,1-7H3. The number of nitrogens with two attached hydrogens (primary N) is 2. The highest BCUT2D eigenvalue weighted by atomic mass is 14.9. The molecule has 24 heavy (non-hydrogen) atoms. The van der Waals surface area contributed by atoms with Gasteiger partial charge in [-0.25, -0.2) is 0 Å². The average Bonchev–Trinajstić information content (AvgIpc) is 2.43. The van der Waals surface area contributed by atoms with Crippen LogP contribution in [0.3, 0.4) is 0 Å². The molecule has 0 spiro atoms. The van der Waals surface area contributed by atoms with Crippen LogP contribution in [-0.4, -0.2) is 25.2 Å². The highest BCUT2D eigenvalue weighted by Crippen LogP contribution is 2.26. The summed E-state index contributed by atoms with van der Waals surface area (Å²) >= 11 is 0. The third-order valence-electron chi connectivity index (χ3n) is 5.44. The first-order chi connectivity index (χ1) is 11.1. The molecule has 0 bridgehead atoms. The largest absolute Gasteiger partial charge is 0.330 e. The average molecular weight is 342 g/mol. The van der Waals surface area contributed by atoms with E-state index in [2.05, 4.69) is 53.8 Å². The third-order valence-corrected chi connectivity index (χ3v) is 5.44. The van der Waals surface area contributed by atoms with E-state index >= 15 is 0 Å². The zero-order valence-electron chi connectivity index (χ0n) is 17.7. The molecule has 146 valence electrons. The van der Waals surface area contributed by atoms with Crippen LogP contribution in [-0.2, 0) is 0 Å². The molecule has 0 saturated carbocycles. The first-order valence-corrected chi connectivity index (χ1v) is 10.3. The second-order valence-electron chi connectivity index (χ2n) is 9.43. The Labute approximate surface area is 152 Å². The Morgan fingerprint density at radius 1 is 0.875 bits per heavy atom. The molecule has 5 N–H and O–H groups in total. The zero-order chi connectivity index (χ0) is 18.8. The summed E-state index contributed by atoms with van der Waals surface area (Å²) in [5.74, 6) is 3.58. The quantitative estimate of drug-likeness (QED) is 0.439. The monoisotopic (exact) mass is 341 g/mol.